The van der Waals surface area contributed by atoms with Crippen molar-refractivity contribution in [2.24, 2.45) is 5.92 Å². The number of rotatable bonds is 6. The zero-order chi connectivity index (χ0) is 29.3. The van der Waals surface area contributed by atoms with E-state index in [-0.39, 0.29) is 11.8 Å². The van der Waals surface area contributed by atoms with Crippen LogP contribution in [0.3, 0.4) is 0 Å². The largest absolute Gasteiger partial charge is 0.486 e. The Bertz CT molecular complexity index is 1450. The van der Waals surface area contributed by atoms with Crippen LogP contribution in [-0.2, 0) is 16.1 Å². The first-order valence-corrected chi connectivity index (χ1v) is 15.1. The molecule has 3 N–H and O–H groups in total. The number of likely N-dealkylation sites (tertiary alicyclic amines) is 1. The Balaban J connectivity index is 1.28. The number of nitrogen functional groups attached to an aromatic ring is 1. The molecule has 2 aliphatic heterocycles. The van der Waals surface area contributed by atoms with Crippen molar-refractivity contribution < 1.29 is 23.8 Å². The number of amides is 2. The summed E-state index contributed by atoms with van der Waals surface area (Å²) in [5, 5.41) is 3.38. The van der Waals surface area contributed by atoms with Crippen LogP contribution in [0.2, 0.25) is 0 Å². The van der Waals surface area contributed by atoms with Gasteiger partial charge in [-0.25, -0.2) is 19.7 Å². The van der Waals surface area contributed by atoms with Crippen molar-refractivity contribution in [2.45, 2.75) is 68.8 Å². The number of hydrogen-bond donors (Lipinski definition) is 2. The smallest absolute Gasteiger partial charge is 0.408 e. The highest BCUT2D eigenvalue weighted by atomic mass is 79.9. The van der Waals surface area contributed by atoms with Gasteiger partial charge in [0.05, 0.1) is 0 Å². The molecular weight excluding hydrogens is 614 g/mol. The summed E-state index contributed by atoms with van der Waals surface area (Å²) in [5.41, 5.74) is 6.76. The summed E-state index contributed by atoms with van der Waals surface area (Å²) in [5.74, 6) is 1.88. The standard InChI is InChI=1S/C27H34BrN7O5S/c1-15(32-26(37)40-27(2,3)4)24(36)34-7-5-16(6-8-34)13-35-23-21(22(29)30-14-31-23)33-25(35)41-20-12-19-18(11-17(20)28)38-9-10-39-19/h11-12,14-16H,5-10,13H2,1-4H3,(H,32,37)(H2,29,30,31). The van der Waals surface area contributed by atoms with E-state index in [1.165, 1.54) is 18.1 Å². The number of nitrogens with two attached hydrogens (primary N) is 1. The van der Waals surface area contributed by atoms with Gasteiger partial charge in [0.2, 0.25) is 5.91 Å². The summed E-state index contributed by atoms with van der Waals surface area (Å²) in [7, 11) is 0. The molecule has 0 aliphatic carbocycles. The second-order valence-electron chi connectivity index (χ2n) is 11.1. The second kappa shape index (κ2) is 11.9. The number of fused-ring (bicyclic) bond motifs is 2. The van der Waals surface area contributed by atoms with Crippen molar-refractivity contribution in [1.82, 2.24) is 29.7 Å². The molecule has 0 radical (unpaired) electrons. The topological polar surface area (TPSA) is 147 Å². The molecule has 0 bridgehead atoms. The van der Waals surface area contributed by atoms with E-state index in [2.05, 4.69) is 35.8 Å². The van der Waals surface area contributed by atoms with Crippen LogP contribution in [0.25, 0.3) is 11.2 Å². The SMILES string of the molecule is CC(NC(=O)OC(C)(C)C)C(=O)N1CCC(Cn2c(Sc3cc4c(cc3Br)OCCO4)nc3c(N)ncnc32)CC1. The third-order valence-corrected chi connectivity index (χ3v) is 8.76. The Morgan fingerprint density at radius 2 is 1.88 bits per heavy atom. The van der Waals surface area contributed by atoms with Gasteiger partial charge in [-0.05, 0) is 74.5 Å². The highest BCUT2D eigenvalue weighted by molar-refractivity contribution is 9.10. The van der Waals surface area contributed by atoms with Gasteiger partial charge in [0, 0.05) is 29.0 Å². The molecule has 1 saturated heterocycles. The van der Waals surface area contributed by atoms with E-state index in [1.807, 2.05) is 12.1 Å². The maximum absolute atomic E-state index is 13.0. The number of imidazole rings is 1. The van der Waals surface area contributed by atoms with Crippen molar-refractivity contribution in [3.8, 4) is 11.5 Å². The Morgan fingerprint density at radius 1 is 1.20 bits per heavy atom. The lowest BCUT2D eigenvalue weighted by molar-refractivity contribution is -0.134. The Kier molecular flexibility index (Phi) is 8.50. The average Bonchev–Trinajstić information content (AvgIpc) is 3.26. The molecule has 2 aromatic heterocycles. The molecule has 220 valence electrons. The molecule has 3 aromatic rings. The lowest BCUT2D eigenvalue weighted by atomic mass is 9.96. The van der Waals surface area contributed by atoms with E-state index in [1.54, 1.807) is 32.6 Å². The molecule has 0 spiro atoms. The number of carbonyl (C=O) groups excluding carboxylic acids is 2. The van der Waals surface area contributed by atoms with Crippen molar-refractivity contribution in [1.29, 1.82) is 0 Å². The Morgan fingerprint density at radius 3 is 2.56 bits per heavy atom. The van der Waals surface area contributed by atoms with E-state index < -0.39 is 17.7 Å². The van der Waals surface area contributed by atoms with Crippen LogP contribution in [0.4, 0.5) is 10.6 Å². The lowest BCUT2D eigenvalue weighted by Gasteiger charge is -2.34. The van der Waals surface area contributed by atoms with E-state index >= 15 is 0 Å². The number of nitrogens with one attached hydrogen (secondary N) is 1. The maximum Gasteiger partial charge on any atom is 0.408 e. The van der Waals surface area contributed by atoms with Crippen LogP contribution in [0.15, 0.2) is 33.0 Å². The number of hydrogen-bond acceptors (Lipinski definition) is 10. The zero-order valence-electron chi connectivity index (χ0n) is 23.5. The molecule has 1 aromatic carbocycles. The molecule has 1 fully saturated rings. The summed E-state index contributed by atoms with van der Waals surface area (Å²) >= 11 is 5.14. The molecule has 2 aliphatic rings. The van der Waals surface area contributed by atoms with E-state index in [0.717, 1.165) is 27.4 Å². The quantitative estimate of drug-likeness (QED) is 0.398. The van der Waals surface area contributed by atoms with Gasteiger partial charge in [-0.3, -0.25) is 4.79 Å². The minimum Gasteiger partial charge on any atom is -0.486 e. The van der Waals surface area contributed by atoms with Gasteiger partial charge < -0.3 is 34.7 Å². The minimum absolute atomic E-state index is 0.123. The van der Waals surface area contributed by atoms with Gasteiger partial charge in [0.1, 0.15) is 31.2 Å². The molecule has 2 amide bonds. The first-order chi connectivity index (χ1) is 19.5. The van der Waals surface area contributed by atoms with Gasteiger partial charge in [-0.1, -0.05) is 11.8 Å². The van der Waals surface area contributed by atoms with Crippen LogP contribution >= 0.6 is 27.7 Å². The molecule has 0 saturated carbocycles. The predicted molar refractivity (Wildman–Crippen MR) is 157 cm³/mol. The summed E-state index contributed by atoms with van der Waals surface area (Å²) < 4.78 is 19.7. The van der Waals surface area contributed by atoms with Gasteiger partial charge in [-0.2, -0.15) is 0 Å². The Labute approximate surface area is 250 Å². The van der Waals surface area contributed by atoms with Crippen molar-refractivity contribution >= 4 is 56.7 Å². The third kappa shape index (κ3) is 6.80. The number of halogens is 1. The predicted octanol–water partition coefficient (Wildman–Crippen LogP) is 4.25. The maximum atomic E-state index is 13.0. The fourth-order valence-corrected chi connectivity index (χ4v) is 6.30. The molecule has 14 heteroatoms. The Hall–Kier alpha value is -3.26. The van der Waals surface area contributed by atoms with E-state index in [0.29, 0.717) is 61.3 Å². The van der Waals surface area contributed by atoms with Crippen LogP contribution in [0.1, 0.15) is 40.5 Å². The molecule has 4 heterocycles. The zero-order valence-corrected chi connectivity index (χ0v) is 25.9. The second-order valence-corrected chi connectivity index (χ2v) is 13.0. The highest BCUT2D eigenvalue weighted by Crippen LogP contribution is 2.42. The molecule has 1 atom stereocenters. The van der Waals surface area contributed by atoms with E-state index in [4.69, 9.17) is 24.9 Å². The minimum atomic E-state index is -0.675. The number of aromatic nitrogens is 4. The molecule has 41 heavy (non-hydrogen) atoms. The average molecular weight is 649 g/mol. The fraction of sp³-hybridized carbons (Fsp3) is 0.519. The monoisotopic (exact) mass is 647 g/mol. The fourth-order valence-electron chi connectivity index (χ4n) is 4.81. The molecular formula is C27H34BrN7O5S. The van der Waals surface area contributed by atoms with Crippen molar-refractivity contribution in [3.05, 3.63) is 22.9 Å². The third-order valence-electron chi connectivity index (χ3n) is 6.79. The van der Waals surface area contributed by atoms with Crippen LogP contribution in [0.5, 0.6) is 11.5 Å². The number of nitrogens with zero attached hydrogens (tertiary/aromatic N) is 5. The van der Waals surface area contributed by atoms with Crippen molar-refractivity contribution in [3.63, 3.8) is 0 Å². The van der Waals surface area contributed by atoms with Gasteiger partial charge >= 0.3 is 6.09 Å². The normalized spacial score (nSPS) is 16.5. The first-order valence-electron chi connectivity index (χ1n) is 13.5. The van der Waals surface area contributed by atoms with Crippen LogP contribution in [0, 0.1) is 5.92 Å². The molecule has 12 nitrogen and oxygen atoms in total. The highest BCUT2D eigenvalue weighted by Gasteiger charge is 2.29. The first kappa shape index (κ1) is 29.2. The number of piperidine rings is 1. The number of alkyl carbamates (subject to hydrolysis) is 1. The number of benzene rings is 1. The summed E-state index contributed by atoms with van der Waals surface area (Å²) in [6, 6.07) is 3.17. The number of ether oxygens (including phenoxy) is 3. The van der Waals surface area contributed by atoms with Gasteiger partial charge in [-0.15, -0.1) is 0 Å². The summed E-state index contributed by atoms with van der Waals surface area (Å²) in [6.07, 6.45) is 2.44. The molecule has 1 unspecified atom stereocenters. The van der Waals surface area contributed by atoms with Crippen LogP contribution in [-0.4, -0.2) is 74.4 Å². The summed E-state index contributed by atoms with van der Waals surface area (Å²) in [4.78, 5) is 41.3. The van der Waals surface area contributed by atoms with Crippen LogP contribution < -0.4 is 20.5 Å². The van der Waals surface area contributed by atoms with E-state index in [9.17, 15) is 9.59 Å². The number of carbonyl (C=O) groups is 2. The molecule has 5 rings (SSSR count). The van der Waals surface area contributed by atoms with Crippen molar-refractivity contribution in [2.75, 3.05) is 32.0 Å². The number of anilines is 1. The van der Waals surface area contributed by atoms with Gasteiger partial charge in [0.15, 0.2) is 33.6 Å². The lowest BCUT2D eigenvalue weighted by Crippen LogP contribution is -2.50. The summed E-state index contributed by atoms with van der Waals surface area (Å²) in [6.45, 7) is 9.88. The van der Waals surface area contributed by atoms with Gasteiger partial charge in [0.25, 0.3) is 0 Å².